The number of amides is 1. The number of allylic oxidation sites excluding steroid dienone is 2. The SMILES string of the molecule is CCOC(=O)C1C(=O)C2=C(CC1c1cccs1)NC(=O)CC2c1cc(OC)ccc1OC. The lowest BCUT2D eigenvalue weighted by atomic mass is 9.69. The van der Waals surface area contributed by atoms with Crippen LogP contribution in [0.1, 0.15) is 42.0 Å². The second-order valence-electron chi connectivity index (χ2n) is 7.73. The number of benzene rings is 1. The van der Waals surface area contributed by atoms with Gasteiger partial charge in [-0.2, -0.15) is 0 Å². The average molecular weight is 456 g/mol. The molecule has 0 radical (unpaired) electrons. The maximum atomic E-state index is 13.8. The van der Waals surface area contributed by atoms with Gasteiger partial charge in [-0.05, 0) is 43.0 Å². The molecule has 0 saturated carbocycles. The van der Waals surface area contributed by atoms with Gasteiger partial charge < -0.3 is 19.5 Å². The third-order valence-electron chi connectivity index (χ3n) is 5.99. The number of methoxy groups -OCH3 is 2. The van der Waals surface area contributed by atoms with Crippen molar-refractivity contribution in [1.82, 2.24) is 5.32 Å². The molecule has 2 heterocycles. The first-order valence-electron chi connectivity index (χ1n) is 10.5. The van der Waals surface area contributed by atoms with E-state index >= 15 is 0 Å². The second-order valence-corrected chi connectivity index (χ2v) is 8.70. The zero-order valence-electron chi connectivity index (χ0n) is 18.2. The Hall–Kier alpha value is -3.13. The number of ketones is 1. The number of thiophene rings is 1. The van der Waals surface area contributed by atoms with Crippen LogP contribution in [-0.2, 0) is 19.1 Å². The van der Waals surface area contributed by atoms with E-state index in [1.807, 2.05) is 17.5 Å². The highest BCUT2D eigenvalue weighted by Crippen LogP contribution is 2.48. The van der Waals surface area contributed by atoms with Crippen molar-refractivity contribution in [1.29, 1.82) is 0 Å². The summed E-state index contributed by atoms with van der Waals surface area (Å²) in [5.41, 5.74) is 1.70. The molecule has 2 aliphatic rings. The van der Waals surface area contributed by atoms with Gasteiger partial charge in [0.05, 0.1) is 20.8 Å². The molecule has 0 saturated heterocycles. The summed E-state index contributed by atoms with van der Waals surface area (Å²) in [4.78, 5) is 40.3. The molecule has 0 fully saturated rings. The quantitative estimate of drug-likeness (QED) is 0.529. The molecule has 0 spiro atoms. The third kappa shape index (κ3) is 3.90. The third-order valence-corrected chi connectivity index (χ3v) is 6.99. The molecule has 1 aromatic heterocycles. The van der Waals surface area contributed by atoms with Gasteiger partial charge in [0.1, 0.15) is 17.4 Å². The first-order chi connectivity index (χ1) is 15.5. The Balaban J connectivity index is 1.85. The number of rotatable bonds is 6. The fourth-order valence-corrected chi connectivity index (χ4v) is 5.47. The first-order valence-corrected chi connectivity index (χ1v) is 11.4. The van der Waals surface area contributed by atoms with Gasteiger partial charge >= 0.3 is 5.97 Å². The van der Waals surface area contributed by atoms with Crippen molar-refractivity contribution < 1.29 is 28.6 Å². The van der Waals surface area contributed by atoms with E-state index in [1.54, 1.807) is 39.3 Å². The Kier molecular flexibility index (Phi) is 6.32. The van der Waals surface area contributed by atoms with Crippen LogP contribution in [0.2, 0.25) is 0 Å². The van der Waals surface area contributed by atoms with Gasteiger partial charge in [0.15, 0.2) is 5.78 Å². The average Bonchev–Trinajstić information content (AvgIpc) is 3.32. The lowest BCUT2D eigenvalue weighted by Gasteiger charge is -2.37. The highest BCUT2D eigenvalue weighted by atomic mass is 32.1. The molecule has 1 aliphatic heterocycles. The maximum Gasteiger partial charge on any atom is 0.317 e. The van der Waals surface area contributed by atoms with Gasteiger partial charge in [-0.1, -0.05) is 6.07 Å². The second kappa shape index (κ2) is 9.16. The van der Waals surface area contributed by atoms with E-state index in [4.69, 9.17) is 14.2 Å². The highest BCUT2D eigenvalue weighted by molar-refractivity contribution is 7.10. The van der Waals surface area contributed by atoms with Gasteiger partial charge in [0, 0.05) is 40.0 Å². The molecule has 7 nitrogen and oxygen atoms in total. The van der Waals surface area contributed by atoms with E-state index in [9.17, 15) is 14.4 Å². The fourth-order valence-electron chi connectivity index (χ4n) is 4.60. The minimum Gasteiger partial charge on any atom is -0.497 e. The Morgan fingerprint density at radius 1 is 1.16 bits per heavy atom. The molecule has 8 heteroatoms. The van der Waals surface area contributed by atoms with E-state index in [0.29, 0.717) is 34.8 Å². The van der Waals surface area contributed by atoms with Crippen LogP contribution in [0.25, 0.3) is 0 Å². The van der Waals surface area contributed by atoms with Crippen molar-refractivity contribution in [2.75, 3.05) is 20.8 Å². The number of hydrogen-bond donors (Lipinski definition) is 1. The Morgan fingerprint density at radius 2 is 1.97 bits per heavy atom. The number of carbonyl (C=O) groups is 3. The predicted molar refractivity (Wildman–Crippen MR) is 119 cm³/mol. The highest BCUT2D eigenvalue weighted by Gasteiger charge is 2.48. The van der Waals surface area contributed by atoms with Crippen LogP contribution in [0.3, 0.4) is 0 Å². The van der Waals surface area contributed by atoms with E-state index in [1.165, 1.54) is 11.3 Å². The summed E-state index contributed by atoms with van der Waals surface area (Å²) in [6.45, 7) is 1.91. The van der Waals surface area contributed by atoms with Crippen molar-refractivity contribution in [3.63, 3.8) is 0 Å². The Labute approximate surface area is 190 Å². The van der Waals surface area contributed by atoms with Crippen LogP contribution in [0.4, 0.5) is 0 Å². The van der Waals surface area contributed by atoms with Crippen LogP contribution in [0, 0.1) is 5.92 Å². The molecule has 32 heavy (non-hydrogen) atoms. The van der Waals surface area contributed by atoms with Crippen LogP contribution >= 0.6 is 11.3 Å². The largest absolute Gasteiger partial charge is 0.497 e. The van der Waals surface area contributed by atoms with Crippen LogP contribution in [0.15, 0.2) is 47.0 Å². The molecule has 3 atom stereocenters. The van der Waals surface area contributed by atoms with Crippen molar-refractivity contribution in [3.8, 4) is 11.5 Å². The lowest BCUT2D eigenvalue weighted by Crippen LogP contribution is -2.44. The summed E-state index contributed by atoms with van der Waals surface area (Å²) in [6.07, 6.45) is 0.451. The van der Waals surface area contributed by atoms with Gasteiger partial charge in [-0.15, -0.1) is 11.3 Å². The van der Waals surface area contributed by atoms with E-state index in [2.05, 4.69) is 5.32 Å². The van der Waals surface area contributed by atoms with E-state index < -0.39 is 17.8 Å². The van der Waals surface area contributed by atoms with Crippen LogP contribution < -0.4 is 14.8 Å². The molecular formula is C24H25NO6S. The molecule has 1 aromatic carbocycles. The summed E-state index contributed by atoms with van der Waals surface area (Å²) in [5, 5.41) is 4.81. The van der Waals surface area contributed by atoms with E-state index in [-0.39, 0.29) is 30.6 Å². The fraction of sp³-hybridized carbons (Fsp3) is 0.375. The normalized spacial score (nSPS) is 22.8. The monoisotopic (exact) mass is 455 g/mol. The maximum absolute atomic E-state index is 13.8. The van der Waals surface area contributed by atoms with Crippen LogP contribution in [0.5, 0.6) is 11.5 Å². The molecule has 4 rings (SSSR count). The van der Waals surface area contributed by atoms with Gasteiger partial charge in [0.25, 0.3) is 0 Å². The van der Waals surface area contributed by atoms with Gasteiger partial charge in [0.2, 0.25) is 5.91 Å². The van der Waals surface area contributed by atoms with Crippen molar-refractivity contribution in [2.45, 2.75) is 31.6 Å². The predicted octanol–water partition coefficient (Wildman–Crippen LogP) is 3.56. The molecule has 1 aliphatic carbocycles. The van der Waals surface area contributed by atoms with Gasteiger partial charge in [-0.3, -0.25) is 14.4 Å². The topological polar surface area (TPSA) is 90.9 Å². The number of nitrogens with one attached hydrogen (secondary N) is 1. The number of Topliss-reactive ketones (excluding diaryl/α,β-unsaturated/α-hetero) is 1. The lowest BCUT2D eigenvalue weighted by molar-refractivity contribution is -0.152. The zero-order chi connectivity index (χ0) is 22.8. The Morgan fingerprint density at radius 3 is 2.62 bits per heavy atom. The summed E-state index contributed by atoms with van der Waals surface area (Å²) < 4.78 is 16.2. The summed E-state index contributed by atoms with van der Waals surface area (Å²) >= 11 is 1.49. The number of ether oxygens (including phenoxy) is 3. The minimum atomic E-state index is -0.957. The number of esters is 1. The summed E-state index contributed by atoms with van der Waals surface area (Å²) in [6, 6.07) is 9.10. The number of hydrogen-bond acceptors (Lipinski definition) is 7. The van der Waals surface area contributed by atoms with E-state index in [0.717, 1.165) is 4.88 Å². The Bertz CT molecular complexity index is 1070. The summed E-state index contributed by atoms with van der Waals surface area (Å²) in [5.74, 6) is -1.75. The minimum absolute atomic E-state index is 0.0767. The molecular weight excluding hydrogens is 430 g/mol. The van der Waals surface area contributed by atoms with Crippen LogP contribution in [-0.4, -0.2) is 38.5 Å². The van der Waals surface area contributed by atoms with Crippen molar-refractivity contribution >= 4 is 29.0 Å². The molecule has 3 unspecified atom stereocenters. The van der Waals surface area contributed by atoms with Crippen molar-refractivity contribution in [3.05, 3.63) is 57.4 Å². The molecule has 1 N–H and O–H groups in total. The van der Waals surface area contributed by atoms with Gasteiger partial charge in [-0.25, -0.2) is 0 Å². The summed E-state index contributed by atoms with van der Waals surface area (Å²) in [7, 11) is 3.10. The molecule has 168 valence electrons. The standard InChI is InChI=1S/C24H25NO6S/c1-4-31-24(28)22-16(19-6-5-9-32-19)11-17-21(23(22)27)15(12-20(26)25-17)14-10-13(29-2)7-8-18(14)30-3/h5-10,15-16,22H,4,11-12H2,1-3H3,(H,25,26). The number of carbonyl (C=O) groups excluding carboxylic acids is 3. The molecule has 0 bridgehead atoms. The molecule has 1 amide bonds. The smallest absolute Gasteiger partial charge is 0.317 e. The zero-order valence-corrected chi connectivity index (χ0v) is 19.0. The first kappa shape index (κ1) is 22.1. The molecule has 2 aromatic rings. The van der Waals surface area contributed by atoms with Crippen molar-refractivity contribution in [2.24, 2.45) is 5.92 Å².